The number of methoxy groups -OCH3 is 1. The van der Waals surface area contributed by atoms with Gasteiger partial charge in [-0.15, -0.1) is 10.2 Å². The number of thioether (sulfide) groups is 1. The molecule has 1 heterocycles. The molecule has 0 saturated carbocycles. The lowest BCUT2D eigenvalue weighted by molar-refractivity contribution is -0.119. The molecule has 0 saturated heterocycles. The van der Waals surface area contributed by atoms with Gasteiger partial charge < -0.3 is 15.9 Å². The van der Waals surface area contributed by atoms with Crippen LogP contribution in [0.4, 0.5) is 0 Å². The van der Waals surface area contributed by atoms with E-state index in [-0.39, 0.29) is 17.7 Å². The number of nitrogens with zero attached hydrogens (tertiary/aromatic N) is 3. The summed E-state index contributed by atoms with van der Waals surface area (Å²) in [6.45, 7) is 2.35. The Morgan fingerprint density at radius 3 is 2.91 bits per heavy atom. The van der Waals surface area contributed by atoms with Crippen LogP contribution in [0, 0.1) is 0 Å². The number of halogens is 1. The van der Waals surface area contributed by atoms with Gasteiger partial charge in [-0.1, -0.05) is 39.8 Å². The van der Waals surface area contributed by atoms with Crippen molar-refractivity contribution in [3.05, 3.63) is 28.7 Å². The molecule has 0 aliphatic carbocycles. The van der Waals surface area contributed by atoms with Crippen molar-refractivity contribution < 1.29 is 9.53 Å². The second-order valence-corrected chi connectivity index (χ2v) is 6.67. The van der Waals surface area contributed by atoms with Crippen molar-refractivity contribution in [2.24, 2.45) is 0 Å². The van der Waals surface area contributed by atoms with E-state index in [1.54, 1.807) is 7.11 Å². The number of ether oxygens (including phenoxy) is 1. The largest absolute Gasteiger partial charge is 0.383 e. The smallest absolute Gasteiger partial charge is 0.230 e. The minimum absolute atomic E-state index is 0.0420. The SMILES string of the molecule is COCC(C)NC(=O)CSc1nnc(-c2ccccc2Br)n1N. The summed E-state index contributed by atoms with van der Waals surface area (Å²) in [6.07, 6.45) is 0. The van der Waals surface area contributed by atoms with Crippen LogP contribution in [0.3, 0.4) is 0 Å². The number of rotatable bonds is 7. The number of amides is 1. The Hall–Kier alpha value is -1.58. The van der Waals surface area contributed by atoms with Crippen molar-refractivity contribution in [2.45, 2.75) is 18.1 Å². The molecular weight excluding hydrogens is 382 g/mol. The first kappa shape index (κ1) is 17.8. The third kappa shape index (κ3) is 4.69. The Bertz CT molecular complexity index is 679. The number of carbonyl (C=O) groups excluding carboxylic acids is 1. The predicted molar refractivity (Wildman–Crippen MR) is 93.5 cm³/mol. The van der Waals surface area contributed by atoms with Gasteiger partial charge in [0.1, 0.15) is 0 Å². The second kappa shape index (κ2) is 8.32. The molecule has 0 bridgehead atoms. The summed E-state index contributed by atoms with van der Waals surface area (Å²) in [5, 5.41) is 11.5. The van der Waals surface area contributed by atoms with Gasteiger partial charge in [0.2, 0.25) is 11.1 Å². The number of hydrogen-bond donors (Lipinski definition) is 2. The highest BCUT2D eigenvalue weighted by molar-refractivity contribution is 9.10. The van der Waals surface area contributed by atoms with E-state index in [0.29, 0.717) is 17.6 Å². The summed E-state index contributed by atoms with van der Waals surface area (Å²) in [5.41, 5.74) is 0.840. The van der Waals surface area contributed by atoms with Gasteiger partial charge in [-0.2, -0.15) is 0 Å². The Balaban J connectivity index is 2.00. The van der Waals surface area contributed by atoms with Crippen molar-refractivity contribution in [3.63, 3.8) is 0 Å². The Morgan fingerprint density at radius 1 is 1.48 bits per heavy atom. The summed E-state index contributed by atoms with van der Waals surface area (Å²) < 4.78 is 7.24. The second-order valence-electron chi connectivity index (χ2n) is 4.87. The van der Waals surface area contributed by atoms with Crippen LogP contribution in [0.2, 0.25) is 0 Å². The first-order chi connectivity index (χ1) is 11.0. The average Bonchev–Trinajstić information content (AvgIpc) is 2.87. The minimum Gasteiger partial charge on any atom is -0.383 e. The predicted octanol–water partition coefficient (Wildman–Crippen LogP) is 1.66. The van der Waals surface area contributed by atoms with Crippen LogP contribution in [0.15, 0.2) is 33.9 Å². The van der Waals surface area contributed by atoms with E-state index in [1.807, 2.05) is 31.2 Å². The number of aromatic nitrogens is 3. The highest BCUT2D eigenvalue weighted by atomic mass is 79.9. The van der Waals surface area contributed by atoms with Gasteiger partial charge in [-0.25, -0.2) is 4.68 Å². The van der Waals surface area contributed by atoms with Crippen molar-refractivity contribution in [1.29, 1.82) is 0 Å². The van der Waals surface area contributed by atoms with Gasteiger partial charge in [0.15, 0.2) is 5.82 Å². The zero-order chi connectivity index (χ0) is 16.8. The van der Waals surface area contributed by atoms with E-state index in [1.165, 1.54) is 16.4 Å². The van der Waals surface area contributed by atoms with Crippen LogP contribution in [0.25, 0.3) is 11.4 Å². The number of nitrogens with two attached hydrogens (primary N) is 1. The fourth-order valence-corrected chi connectivity index (χ4v) is 3.07. The molecule has 1 amide bonds. The Kier molecular flexibility index (Phi) is 6.43. The fraction of sp³-hybridized carbons (Fsp3) is 0.357. The summed E-state index contributed by atoms with van der Waals surface area (Å²) in [6, 6.07) is 7.56. The third-order valence-corrected chi connectivity index (χ3v) is 4.57. The molecule has 1 atom stereocenters. The first-order valence-corrected chi connectivity index (χ1v) is 8.67. The molecule has 1 aromatic heterocycles. The molecular formula is C14H18BrN5O2S. The lowest BCUT2D eigenvalue weighted by Gasteiger charge is -2.12. The van der Waals surface area contributed by atoms with Crippen LogP contribution >= 0.6 is 27.7 Å². The lowest BCUT2D eigenvalue weighted by atomic mass is 10.2. The van der Waals surface area contributed by atoms with Crippen molar-refractivity contribution in [3.8, 4) is 11.4 Å². The summed E-state index contributed by atoms with van der Waals surface area (Å²) >= 11 is 4.69. The number of carbonyl (C=O) groups is 1. The molecule has 2 rings (SSSR count). The zero-order valence-electron chi connectivity index (χ0n) is 12.8. The Labute approximate surface area is 147 Å². The minimum atomic E-state index is -0.106. The summed E-state index contributed by atoms with van der Waals surface area (Å²) in [4.78, 5) is 11.9. The van der Waals surface area contributed by atoms with E-state index in [2.05, 4.69) is 31.4 Å². The molecule has 1 aromatic carbocycles. The van der Waals surface area contributed by atoms with E-state index < -0.39 is 0 Å². The molecule has 9 heteroatoms. The standard InChI is InChI=1S/C14H18BrN5O2S/c1-9(7-22-2)17-12(21)8-23-14-19-18-13(20(14)16)10-5-3-4-6-11(10)15/h3-6,9H,7-8,16H2,1-2H3,(H,17,21). The number of nitrogen functional groups attached to an aromatic ring is 1. The highest BCUT2D eigenvalue weighted by Gasteiger charge is 2.16. The molecule has 0 aliphatic heterocycles. The van der Waals surface area contributed by atoms with Crippen LogP contribution in [-0.2, 0) is 9.53 Å². The maximum atomic E-state index is 11.9. The van der Waals surface area contributed by atoms with Gasteiger partial charge in [0, 0.05) is 23.2 Å². The van der Waals surface area contributed by atoms with Gasteiger partial charge >= 0.3 is 0 Å². The lowest BCUT2D eigenvalue weighted by Crippen LogP contribution is -2.36. The molecule has 0 radical (unpaired) electrons. The molecule has 1 unspecified atom stereocenters. The third-order valence-electron chi connectivity index (χ3n) is 2.94. The van der Waals surface area contributed by atoms with Gasteiger partial charge in [-0.05, 0) is 19.1 Å². The van der Waals surface area contributed by atoms with Crippen LogP contribution in [-0.4, -0.2) is 46.3 Å². The van der Waals surface area contributed by atoms with E-state index >= 15 is 0 Å². The molecule has 0 fully saturated rings. The normalized spacial score (nSPS) is 12.1. The van der Waals surface area contributed by atoms with Crippen LogP contribution < -0.4 is 11.2 Å². The summed E-state index contributed by atoms with van der Waals surface area (Å²) in [5.74, 6) is 6.67. The molecule has 2 aromatic rings. The maximum absolute atomic E-state index is 11.9. The monoisotopic (exact) mass is 399 g/mol. The maximum Gasteiger partial charge on any atom is 0.230 e. The topological polar surface area (TPSA) is 95.1 Å². The molecule has 7 nitrogen and oxygen atoms in total. The highest BCUT2D eigenvalue weighted by Crippen LogP contribution is 2.27. The van der Waals surface area contributed by atoms with Crippen LogP contribution in [0.1, 0.15) is 6.92 Å². The number of hydrogen-bond acceptors (Lipinski definition) is 6. The van der Waals surface area contributed by atoms with Crippen molar-refractivity contribution in [2.75, 3.05) is 25.3 Å². The zero-order valence-corrected chi connectivity index (χ0v) is 15.2. The molecule has 0 spiro atoms. The van der Waals surface area contributed by atoms with Crippen molar-refractivity contribution in [1.82, 2.24) is 20.2 Å². The van der Waals surface area contributed by atoms with Gasteiger partial charge in [0.25, 0.3) is 0 Å². The number of nitrogens with one attached hydrogen (secondary N) is 1. The Morgan fingerprint density at radius 2 is 2.22 bits per heavy atom. The quantitative estimate of drug-likeness (QED) is 0.542. The van der Waals surface area contributed by atoms with E-state index in [9.17, 15) is 4.79 Å². The molecule has 124 valence electrons. The van der Waals surface area contributed by atoms with Crippen molar-refractivity contribution >= 4 is 33.6 Å². The fourth-order valence-electron chi connectivity index (χ4n) is 1.94. The molecule has 0 aliphatic rings. The molecule has 3 N–H and O–H groups in total. The van der Waals surface area contributed by atoms with E-state index in [0.717, 1.165) is 10.0 Å². The molecule has 23 heavy (non-hydrogen) atoms. The van der Waals surface area contributed by atoms with Crippen LogP contribution in [0.5, 0.6) is 0 Å². The summed E-state index contributed by atoms with van der Waals surface area (Å²) in [7, 11) is 1.59. The van der Waals surface area contributed by atoms with E-state index in [4.69, 9.17) is 10.6 Å². The first-order valence-electron chi connectivity index (χ1n) is 6.89. The van der Waals surface area contributed by atoms with Gasteiger partial charge in [0.05, 0.1) is 12.4 Å². The van der Waals surface area contributed by atoms with Gasteiger partial charge in [-0.3, -0.25) is 4.79 Å². The average molecular weight is 400 g/mol. The number of benzene rings is 1.